The molecule has 88 valence electrons. The lowest BCUT2D eigenvalue weighted by Gasteiger charge is -2.05. The van der Waals surface area contributed by atoms with Crippen molar-refractivity contribution < 1.29 is 4.42 Å². The third kappa shape index (κ3) is 2.88. The zero-order valence-electron chi connectivity index (χ0n) is 10.5. The zero-order valence-corrected chi connectivity index (χ0v) is 10.5. The molecule has 0 aliphatic heterocycles. The van der Waals surface area contributed by atoms with Crippen LogP contribution < -0.4 is 0 Å². The first-order valence-corrected chi connectivity index (χ1v) is 5.96. The van der Waals surface area contributed by atoms with Crippen molar-refractivity contribution in [3.05, 3.63) is 65.1 Å². The van der Waals surface area contributed by atoms with E-state index in [1.54, 1.807) is 6.08 Å². The van der Waals surface area contributed by atoms with Crippen LogP contribution in [0.2, 0.25) is 0 Å². The fourth-order valence-corrected chi connectivity index (χ4v) is 1.97. The number of hydrogen-bond acceptors (Lipinski definition) is 1. The Morgan fingerprint density at radius 1 is 1.12 bits per heavy atom. The molecule has 0 bridgehead atoms. The van der Waals surface area contributed by atoms with Gasteiger partial charge in [0.1, 0.15) is 11.5 Å². The van der Waals surface area contributed by atoms with Gasteiger partial charge in [-0.25, -0.2) is 0 Å². The summed E-state index contributed by atoms with van der Waals surface area (Å²) in [6, 6.07) is 10.6. The third-order valence-electron chi connectivity index (χ3n) is 3.03. The van der Waals surface area contributed by atoms with Crippen molar-refractivity contribution >= 4 is 6.08 Å². The number of hydrogen-bond donors (Lipinski definition) is 0. The maximum atomic E-state index is 5.61. The summed E-state index contributed by atoms with van der Waals surface area (Å²) in [4.78, 5) is 0. The van der Waals surface area contributed by atoms with Gasteiger partial charge in [0.05, 0.1) is 0 Å². The molecular formula is C16H18O. The van der Waals surface area contributed by atoms with Crippen LogP contribution in [0.15, 0.2) is 41.3 Å². The van der Waals surface area contributed by atoms with E-state index >= 15 is 0 Å². The van der Waals surface area contributed by atoms with Crippen molar-refractivity contribution in [1.29, 1.82) is 0 Å². The van der Waals surface area contributed by atoms with Gasteiger partial charge in [0.25, 0.3) is 0 Å². The Kier molecular flexibility index (Phi) is 3.48. The molecule has 0 N–H and O–H groups in total. The molecule has 0 saturated heterocycles. The highest BCUT2D eigenvalue weighted by molar-refractivity contribution is 5.39. The first-order valence-electron chi connectivity index (χ1n) is 5.96. The Labute approximate surface area is 103 Å². The summed E-state index contributed by atoms with van der Waals surface area (Å²) in [5.74, 6) is 1.88. The Bertz CT molecular complexity index is 520. The summed E-state index contributed by atoms with van der Waals surface area (Å²) in [5.41, 5.74) is 4.07. The van der Waals surface area contributed by atoms with Crippen LogP contribution in [0.3, 0.4) is 0 Å². The summed E-state index contributed by atoms with van der Waals surface area (Å²) in [6.45, 7) is 7.98. The summed E-state index contributed by atoms with van der Waals surface area (Å²) in [6.07, 6.45) is 3.71. The van der Waals surface area contributed by atoms with Gasteiger partial charge in [0, 0.05) is 6.42 Å². The molecule has 1 aromatic carbocycles. The van der Waals surface area contributed by atoms with Gasteiger partial charge < -0.3 is 4.42 Å². The highest BCUT2D eigenvalue weighted by atomic mass is 16.3. The van der Waals surface area contributed by atoms with Gasteiger partial charge in [-0.3, -0.25) is 0 Å². The van der Waals surface area contributed by atoms with Gasteiger partial charge in [-0.2, -0.15) is 0 Å². The van der Waals surface area contributed by atoms with Crippen molar-refractivity contribution in [3.63, 3.8) is 0 Å². The molecule has 2 aromatic rings. The second kappa shape index (κ2) is 5.05. The van der Waals surface area contributed by atoms with E-state index in [0.29, 0.717) is 0 Å². The highest BCUT2D eigenvalue weighted by Crippen LogP contribution is 2.15. The largest absolute Gasteiger partial charge is 0.462 e. The molecule has 1 nitrogen and oxygen atoms in total. The molecule has 1 heteroatoms. The molecule has 0 aliphatic carbocycles. The average molecular weight is 226 g/mol. The first kappa shape index (κ1) is 11.7. The SMILES string of the molecule is C=Cc1ccc(CCc2cc(C)ccc2C)o1. The lowest BCUT2D eigenvalue weighted by Crippen LogP contribution is -1.93. The molecule has 1 aromatic heterocycles. The molecule has 0 fully saturated rings. The summed E-state index contributed by atoms with van der Waals surface area (Å²) in [7, 11) is 0. The van der Waals surface area contributed by atoms with Gasteiger partial charge in [0.2, 0.25) is 0 Å². The minimum atomic E-state index is 0.848. The third-order valence-corrected chi connectivity index (χ3v) is 3.03. The van der Waals surface area contributed by atoms with Crippen molar-refractivity contribution in [2.75, 3.05) is 0 Å². The molecule has 0 radical (unpaired) electrons. The fourth-order valence-electron chi connectivity index (χ4n) is 1.97. The van der Waals surface area contributed by atoms with Gasteiger partial charge >= 0.3 is 0 Å². The van der Waals surface area contributed by atoms with Gasteiger partial charge in [-0.15, -0.1) is 0 Å². The van der Waals surface area contributed by atoms with Crippen LogP contribution in [-0.2, 0) is 12.8 Å². The maximum Gasteiger partial charge on any atom is 0.126 e. The predicted molar refractivity (Wildman–Crippen MR) is 72.1 cm³/mol. The van der Waals surface area contributed by atoms with Gasteiger partial charge in [-0.05, 0) is 49.6 Å². The molecule has 0 aliphatic rings. The molecule has 17 heavy (non-hydrogen) atoms. The number of benzene rings is 1. The lowest BCUT2D eigenvalue weighted by atomic mass is 10.0. The topological polar surface area (TPSA) is 13.1 Å². The normalized spacial score (nSPS) is 10.5. The Morgan fingerprint density at radius 2 is 1.94 bits per heavy atom. The van der Waals surface area contributed by atoms with E-state index < -0.39 is 0 Å². The molecule has 2 rings (SSSR count). The zero-order chi connectivity index (χ0) is 12.3. The minimum absolute atomic E-state index is 0.848. The number of rotatable bonds is 4. The molecule has 0 spiro atoms. The van der Waals surface area contributed by atoms with E-state index in [1.165, 1.54) is 16.7 Å². The maximum absolute atomic E-state index is 5.61. The number of aryl methyl sites for hydroxylation is 4. The Hall–Kier alpha value is -1.76. The van der Waals surface area contributed by atoms with Crippen LogP contribution in [0.4, 0.5) is 0 Å². The first-order chi connectivity index (χ1) is 8.19. The van der Waals surface area contributed by atoms with Crippen molar-refractivity contribution in [2.45, 2.75) is 26.7 Å². The standard InChI is InChI=1S/C16H18O/c1-4-15-9-10-16(17-15)8-7-14-11-12(2)5-6-13(14)3/h4-6,9-11H,1,7-8H2,2-3H3. The fraction of sp³-hybridized carbons (Fsp3) is 0.250. The van der Waals surface area contributed by atoms with Crippen LogP contribution >= 0.6 is 0 Å². The minimum Gasteiger partial charge on any atom is -0.462 e. The second-order valence-corrected chi connectivity index (χ2v) is 4.44. The van der Waals surface area contributed by atoms with Gasteiger partial charge in [0.15, 0.2) is 0 Å². The smallest absolute Gasteiger partial charge is 0.126 e. The quantitative estimate of drug-likeness (QED) is 0.756. The monoisotopic (exact) mass is 226 g/mol. The highest BCUT2D eigenvalue weighted by Gasteiger charge is 2.03. The molecule has 0 amide bonds. The molecular weight excluding hydrogens is 208 g/mol. The summed E-state index contributed by atoms with van der Waals surface area (Å²) >= 11 is 0. The van der Waals surface area contributed by atoms with Crippen LogP contribution in [-0.4, -0.2) is 0 Å². The van der Waals surface area contributed by atoms with E-state index in [2.05, 4.69) is 38.6 Å². The molecule has 1 heterocycles. The van der Waals surface area contributed by atoms with E-state index in [0.717, 1.165) is 24.4 Å². The Morgan fingerprint density at radius 3 is 2.65 bits per heavy atom. The van der Waals surface area contributed by atoms with E-state index in [9.17, 15) is 0 Å². The van der Waals surface area contributed by atoms with Crippen LogP contribution in [0.5, 0.6) is 0 Å². The van der Waals surface area contributed by atoms with Crippen LogP contribution in [0.1, 0.15) is 28.2 Å². The Balaban J connectivity index is 2.06. The van der Waals surface area contributed by atoms with Crippen molar-refractivity contribution in [3.8, 4) is 0 Å². The second-order valence-electron chi connectivity index (χ2n) is 4.44. The molecule has 0 unspecified atom stereocenters. The van der Waals surface area contributed by atoms with E-state index in [-0.39, 0.29) is 0 Å². The van der Waals surface area contributed by atoms with E-state index in [1.807, 2.05) is 12.1 Å². The van der Waals surface area contributed by atoms with Crippen molar-refractivity contribution in [1.82, 2.24) is 0 Å². The number of furan rings is 1. The average Bonchev–Trinajstić information content (AvgIpc) is 2.78. The van der Waals surface area contributed by atoms with Crippen LogP contribution in [0, 0.1) is 13.8 Å². The molecule has 0 saturated carbocycles. The van der Waals surface area contributed by atoms with E-state index in [4.69, 9.17) is 4.42 Å². The summed E-state index contributed by atoms with van der Waals surface area (Å²) < 4.78 is 5.61. The van der Waals surface area contributed by atoms with Crippen LogP contribution in [0.25, 0.3) is 6.08 Å². The predicted octanol–water partition coefficient (Wildman–Crippen LogP) is 4.32. The lowest BCUT2D eigenvalue weighted by molar-refractivity contribution is 0.500. The van der Waals surface area contributed by atoms with Gasteiger partial charge in [-0.1, -0.05) is 30.3 Å². The van der Waals surface area contributed by atoms with Crippen molar-refractivity contribution in [2.24, 2.45) is 0 Å². The summed E-state index contributed by atoms with van der Waals surface area (Å²) in [5, 5.41) is 0. The molecule has 0 atom stereocenters.